The predicted molar refractivity (Wildman–Crippen MR) is 64.2 cm³/mol. The zero-order valence-electron chi connectivity index (χ0n) is 10.4. The van der Waals surface area contributed by atoms with E-state index in [1.165, 1.54) is 0 Å². The van der Waals surface area contributed by atoms with Gasteiger partial charge in [0.25, 0.3) is 0 Å². The Bertz CT molecular complexity index is 340. The lowest BCUT2D eigenvalue weighted by Crippen LogP contribution is -2.14. The minimum atomic E-state index is -0.00386. The molecule has 1 aromatic carbocycles. The molecular formula is C13H20O3. The zero-order chi connectivity index (χ0) is 12.2. The fourth-order valence-electron chi connectivity index (χ4n) is 1.48. The van der Waals surface area contributed by atoms with E-state index in [2.05, 4.69) is 20.8 Å². The Hall–Kier alpha value is -1.22. The largest absolute Gasteiger partial charge is 0.508 e. The van der Waals surface area contributed by atoms with Crippen LogP contribution >= 0.6 is 0 Å². The van der Waals surface area contributed by atoms with Gasteiger partial charge in [-0.1, -0.05) is 26.8 Å². The number of methoxy groups -OCH3 is 1. The van der Waals surface area contributed by atoms with Gasteiger partial charge in [-0.2, -0.15) is 0 Å². The minimum Gasteiger partial charge on any atom is -0.508 e. The quantitative estimate of drug-likeness (QED) is 0.799. The summed E-state index contributed by atoms with van der Waals surface area (Å²) >= 11 is 0. The van der Waals surface area contributed by atoms with Gasteiger partial charge >= 0.3 is 0 Å². The average Bonchev–Trinajstić information content (AvgIpc) is 2.16. The van der Waals surface area contributed by atoms with E-state index < -0.39 is 0 Å². The molecule has 0 aromatic heterocycles. The molecule has 0 saturated heterocycles. The van der Waals surface area contributed by atoms with Crippen LogP contribution in [0.1, 0.15) is 26.3 Å². The molecule has 3 heteroatoms. The molecule has 0 radical (unpaired) electrons. The second-order valence-corrected chi connectivity index (χ2v) is 4.77. The van der Waals surface area contributed by atoms with E-state index >= 15 is 0 Å². The summed E-state index contributed by atoms with van der Waals surface area (Å²) in [4.78, 5) is 0. The van der Waals surface area contributed by atoms with Gasteiger partial charge in [-0.3, -0.25) is 0 Å². The second kappa shape index (κ2) is 5.21. The van der Waals surface area contributed by atoms with Crippen molar-refractivity contribution in [1.29, 1.82) is 0 Å². The van der Waals surface area contributed by atoms with Crippen LogP contribution in [-0.4, -0.2) is 25.4 Å². The third kappa shape index (κ3) is 3.42. The van der Waals surface area contributed by atoms with Crippen molar-refractivity contribution < 1.29 is 14.6 Å². The van der Waals surface area contributed by atoms with Crippen LogP contribution < -0.4 is 4.74 Å². The molecule has 0 atom stereocenters. The van der Waals surface area contributed by atoms with Gasteiger partial charge < -0.3 is 14.6 Å². The molecule has 1 aromatic rings. The maximum Gasteiger partial charge on any atom is 0.126 e. The highest BCUT2D eigenvalue weighted by molar-refractivity contribution is 5.43. The first-order valence-corrected chi connectivity index (χ1v) is 5.40. The molecule has 0 amide bonds. The van der Waals surface area contributed by atoms with Crippen molar-refractivity contribution in [3.8, 4) is 11.5 Å². The summed E-state index contributed by atoms with van der Waals surface area (Å²) in [5.41, 5.74) is 1.08. The van der Waals surface area contributed by atoms with Crippen LogP contribution in [0.25, 0.3) is 0 Å². The molecule has 90 valence electrons. The van der Waals surface area contributed by atoms with Gasteiger partial charge in [0.1, 0.15) is 18.1 Å². The van der Waals surface area contributed by atoms with E-state index in [0.717, 1.165) is 11.3 Å². The van der Waals surface area contributed by atoms with Crippen molar-refractivity contribution in [2.45, 2.75) is 26.2 Å². The number of benzene rings is 1. The molecular weight excluding hydrogens is 204 g/mol. The molecule has 0 aliphatic heterocycles. The smallest absolute Gasteiger partial charge is 0.126 e. The van der Waals surface area contributed by atoms with Crippen molar-refractivity contribution >= 4 is 0 Å². The first-order chi connectivity index (χ1) is 7.45. The summed E-state index contributed by atoms with van der Waals surface area (Å²) < 4.78 is 10.5. The third-order valence-corrected chi connectivity index (χ3v) is 2.32. The van der Waals surface area contributed by atoms with E-state index in [1.54, 1.807) is 19.2 Å². The zero-order valence-corrected chi connectivity index (χ0v) is 10.4. The molecule has 3 nitrogen and oxygen atoms in total. The van der Waals surface area contributed by atoms with E-state index in [4.69, 9.17) is 9.47 Å². The summed E-state index contributed by atoms with van der Waals surface area (Å²) in [6, 6.07) is 5.23. The van der Waals surface area contributed by atoms with Crippen molar-refractivity contribution in [3.63, 3.8) is 0 Å². The Morgan fingerprint density at radius 3 is 2.44 bits per heavy atom. The Labute approximate surface area is 97.0 Å². The molecule has 0 saturated carbocycles. The number of hydrogen-bond acceptors (Lipinski definition) is 3. The molecule has 0 spiro atoms. The van der Waals surface area contributed by atoms with Gasteiger partial charge in [0.05, 0.1) is 6.61 Å². The van der Waals surface area contributed by atoms with Gasteiger partial charge in [-0.05, 0) is 17.0 Å². The van der Waals surface area contributed by atoms with Crippen LogP contribution in [0, 0.1) is 0 Å². The average molecular weight is 224 g/mol. The predicted octanol–water partition coefficient (Wildman–Crippen LogP) is 2.71. The number of ether oxygens (including phenoxy) is 2. The summed E-state index contributed by atoms with van der Waals surface area (Å²) in [6.45, 7) is 7.37. The second-order valence-electron chi connectivity index (χ2n) is 4.77. The third-order valence-electron chi connectivity index (χ3n) is 2.32. The molecule has 0 bridgehead atoms. The number of rotatable bonds is 4. The molecule has 0 aliphatic rings. The molecule has 1 N–H and O–H groups in total. The molecule has 16 heavy (non-hydrogen) atoms. The first kappa shape index (κ1) is 12.8. The molecule has 0 aliphatic carbocycles. The SMILES string of the molecule is COCCOc1cc(O)ccc1C(C)(C)C. The summed E-state index contributed by atoms with van der Waals surface area (Å²) in [5, 5.41) is 9.45. The van der Waals surface area contributed by atoms with Gasteiger partial charge in [-0.25, -0.2) is 0 Å². The van der Waals surface area contributed by atoms with E-state index in [9.17, 15) is 5.11 Å². The van der Waals surface area contributed by atoms with E-state index in [-0.39, 0.29) is 11.2 Å². The molecule has 0 fully saturated rings. The lowest BCUT2D eigenvalue weighted by molar-refractivity contribution is 0.145. The Morgan fingerprint density at radius 1 is 1.19 bits per heavy atom. The van der Waals surface area contributed by atoms with Gasteiger partial charge in [0, 0.05) is 13.2 Å². The van der Waals surface area contributed by atoms with Crippen molar-refractivity contribution in [2.75, 3.05) is 20.3 Å². The summed E-state index contributed by atoms with van der Waals surface area (Å²) in [5.74, 6) is 0.949. The fraction of sp³-hybridized carbons (Fsp3) is 0.538. The van der Waals surface area contributed by atoms with Gasteiger partial charge in [-0.15, -0.1) is 0 Å². The van der Waals surface area contributed by atoms with Crippen LogP contribution in [0.2, 0.25) is 0 Å². The Balaban J connectivity index is 2.90. The molecule has 1 rings (SSSR count). The van der Waals surface area contributed by atoms with E-state index in [0.29, 0.717) is 13.2 Å². The number of aromatic hydroxyl groups is 1. The number of phenolic OH excluding ortho intramolecular Hbond substituents is 1. The number of phenols is 1. The van der Waals surface area contributed by atoms with E-state index in [1.807, 2.05) is 6.07 Å². The Kier molecular flexibility index (Phi) is 4.19. The van der Waals surface area contributed by atoms with Gasteiger partial charge in [0.2, 0.25) is 0 Å². The lowest BCUT2D eigenvalue weighted by Gasteiger charge is -2.22. The van der Waals surface area contributed by atoms with Crippen molar-refractivity contribution in [2.24, 2.45) is 0 Å². The molecule has 0 heterocycles. The van der Waals surface area contributed by atoms with Crippen LogP contribution in [0.15, 0.2) is 18.2 Å². The fourth-order valence-corrected chi connectivity index (χ4v) is 1.48. The van der Waals surface area contributed by atoms with Crippen LogP contribution in [-0.2, 0) is 10.2 Å². The lowest BCUT2D eigenvalue weighted by atomic mass is 9.86. The monoisotopic (exact) mass is 224 g/mol. The number of hydrogen-bond donors (Lipinski definition) is 1. The van der Waals surface area contributed by atoms with Crippen LogP contribution in [0.5, 0.6) is 11.5 Å². The van der Waals surface area contributed by atoms with Gasteiger partial charge in [0.15, 0.2) is 0 Å². The Morgan fingerprint density at radius 2 is 1.88 bits per heavy atom. The van der Waals surface area contributed by atoms with Crippen molar-refractivity contribution in [3.05, 3.63) is 23.8 Å². The molecule has 0 unspecified atom stereocenters. The topological polar surface area (TPSA) is 38.7 Å². The summed E-state index contributed by atoms with van der Waals surface area (Å²) in [7, 11) is 1.64. The van der Waals surface area contributed by atoms with Crippen molar-refractivity contribution in [1.82, 2.24) is 0 Å². The normalized spacial score (nSPS) is 11.5. The maximum absolute atomic E-state index is 9.45. The van der Waals surface area contributed by atoms with Crippen LogP contribution in [0.3, 0.4) is 0 Å². The minimum absolute atomic E-state index is 0.00386. The standard InChI is InChI=1S/C13H20O3/c1-13(2,3)11-6-5-10(14)9-12(11)16-8-7-15-4/h5-6,9,14H,7-8H2,1-4H3. The van der Waals surface area contributed by atoms with Crippen LogP contribution in [0.4, 0.5) is 0 Å². The highest BCUT2D eigenvalue weighted by atomic mass is 16.5. The first-order valence-electron chi connectivity index (χ1n) is 5.40. The highest BCUT2D eigenvalue weighted by Gasteiger charge is 2.19. The maximum atomic E-state index is 9.45. The summed E-state index contributed by atoms with van der Waals surface area (Å²) in [6.07, 6.45) is 0. The highest BCUT2D eigenvalue weighted by Crippen LogP contribution is 2.33.